The third-order valence-corrected chi connectivity index (χ3v) is 3.33. The Labute approximate surface area is 119 Å². The number of rotatable bonds is 6. The lowest BCUT2D eigenvalue weighted by Crippen LogP contribution is -2.25. The van der Waals surface area contributed by atoms with Crippen molar-refractivity contribution >= 4 is 5.82 Å². The lowest BCUT2D eigenvalue weighted by molar-refractivity contribution is 0.649. The van der Waals surface area contributed by atoms with E-state index in [9.17, 15) is 4.79 Å². The molecule has 0 aliphatic heterocycles. The molecule has 1 aromatic carbocycles. The standard InChI is InChI=1S/C16H21N3O/c1-3-11-19-12-10-18-15(16(19)20)17-9-8-14-7-5-4-6-13(14)2/h4-7,10,12H,3,8-9,11H2,1-2H3,(H,17,18). The average Bonchev–Trinajstić information content (AvgIpc) is 2.45. The predicted octanol–water partition coefficient (Wildman–Crippen LogP) is 2.62. The maximum absolute atomic E-state index is 12.1. The minimum atomic E-state index is -0.0425. The molecule has 2 rings (SSSR count). The van der Waals surface area contributed by atoms with Gasteiger partial charge >= 0.3 is 0 Å². The predicted molar refractivity (Wildman–Crippen MR) is 82.2 cm³/mol. The first-order valence-corrected chi connectivity index (χ1v) is 7.06. The number of anilines is 1. The van der Waals surface area contributed by atoms with Gasteiger partial charge in [-0.2, -0.15) is 0 Å². The van der Waals surface area contributed by atoms with Crippen LogP contribution in [0.3, 0.4) is 0 Å². The molecule has 1 heterocycles. The maximum Gasteiger partial charge on any atom is 0.293 e. The number of nitrogens with zero attached hydrogens (tertiary/aromatic N) is 2. The SMILES string of the molecule is CCCn1ccnc(NCCc2ccccc2C)c1=O. The highest BCUT2D eigenvalue weighted by Gasteiger charge is 2.04. The summed E-state index contributed by atoms with van der Waals surface area (Å²) in [6.45, 7) is 5.60. The fourth-order valence-corrected chi connectivity index (χ4v) is 2.19. The summed E-state index contributed by atoms with van der Waals surface area (Å²) in [5, 5.41) is 3.14. The van der Waals surface area contributed by atoms with Crippen LogP contribution < -0.4 is 10.9 Å². The molecule has 0 radical (unpaired) electrons. The molecule has 0 fully saturated rings. The fourth-order valence-electron chi connectivity index (χ4n) is 2.19. The number of nitrogens with one attached hydrogen (secondary N) is 1. The number of hydrogen-bond donors (Lipinski definition) is 1. The van der Waals surface area contributed by atoms with Crippen molar-refractivity contribution in [2.75, 3.05) is 11.9 Å². The van der Waals surface area contributed by atoms with Crippen LogP contribution >= 0.6 is 0 Å². The zero-order valence-electron chi connectivity index (χ0n) is 12.1. The molecule has 0 amide bonds. The Bertz CT molecular complexity index is 619. The van der Waals surface area contributed by atoms with Crippen molar-refractivity contribution in [2.24, 2.45) is 0 Å². The van der Waals surface area contributed by atoms with Crippen LogP contribution in [0.25, 0.3) is 0 Å². The molecule has 0 atom stereocenters. The number of aryl methyl sites for hydroxylation is 2. The van der Waals surface area contributed by atoms with Crippen LogP contribution in [0.5, 0.6) is 0 Å². The number of benzene rings is 1. The van der Waals surface area contributed by atoms with E-state index in [1.54, 1.807) is 17.0 Å². The summed E-state index contributed by atoms with van der Waals surface area (Å²) < 4.78 is 1.70. The molecular weight excluding hydrogens is 250 g/mol. The monoisotopic (exact) mass is 271 g/mol. The van der Waals surface area contributed by atoms with Gasteiger partial charge in [0, 0.05) is 25.5 Å². The average molecular weight is 271 g/mol. The van der Waals surface area contributed by atoms with E-state index in [0.29, 0.717) is 12.4 Å². The van der Waals surface area contributed by atoms with Crippen LogP contribution in [0.1, 0.15) is 24.5 Å². The van der Waals surface area contributed by atoms with E-state index in [-0.39, 0.29) is 5.56 Å². The lowest BCUT2D eigenvalue weighted by Gasteiger charge is -2.09. The maximum atomic E-state index is 12.1. The topological polar surface area (TPSA) is 46.9 Å². The van der Waals surface area contributed by atoms with E-state index in [0.717, 1.165) is 19.4 Å². The van der Waals surface area contributed by atoms with Gasteiger partial charge in [0.1, 0.15) is 0 Å². The van der Waals surface area contributed by atoms with E-state index < -0.39 is 0 Å². The minimum absolute atomic E-state index is 0.0425. The van der Waals surface area contributed by atoms with Gasteiger partial charge in [-0.25, -0.2) is 4.98 Å². The molecule has 1 N–H and O–H groups in total. The summed E-state index contributed by atoms with van der Waals surface area (Å²) in [5.41, 5.74) is 2.53. The van der Waals surface area contributed by atoms with Crippen LogP contribution in [0, 0.1) is 6.92 Å². The highest BCUT2D eigenvalue weighted by atomic mass is 16.1. The first-order valence-electron chi connectivity index (χ1n) is 7.06. The van der Waals surface area contributed by atoms with E-state index in [2.05, 4.69) is 36.3 Å². The van der Waals surface area contributed by atoms with Crippen molar-refractivity contribution in [1.29, 1.82) is 0 Å². The summed E-state index contributed by atoms with van der Waals surface area (Å²) in [7, 11) is 0. The van der Waals surface area contributed by atoms with E-state index in [1.807, 2.05) is 12.1 Å². The third-order valence-electron chi connectivity index (χ3n) is 3.33. The molecule has 4 nitrogen and oxygen atoms in total. The second-order valence-electron chi connectivity index (χ2n) is 4.88. The Balaban J connectivity index is 2.00. The Morgan fingerprint density at radius 1 is 1.30 bits per heavy atom. The number of hydrogen-bond acceptors (Lipinski definition) is 3. The molecule has 4 heteroatoms. The van der Waals surface area contributed by atoms with Gasteiger partial charge in [0.15, 0.2) is 5.82 Å². The summed E-state index contributed by atoms with van der Waals surface area (Å²) in [5.74, 6) is 0.439. The largest absolute Gasteiger partial charge is 0.365 e. The van der Waals surface area contributed by atoms with Gasteiger partial charge in [-0.3, -0.25) is 4.79 Å². The van der Waals surface area contributed by atoms with Crippen molar-refractivity contribution in [3.05, 3.63) is 58.1 Å². The molecule has 0 saturated carbocycles. The third kappa shape index (κ3) is 3.47. The van der Waals surface area contributed by atoms with Crippen LogP contribution in [-0.2, 0) is 13.0 Å². The molecule has 0 spiro atoms. The Morgan fingerprint density at radius 2 is 2.10 bits per heavy atom. The first kappa shape index (κ1) is 14.3. The smallest absolute Gasteiger partial charge is 0.293 e. The molecule has 106 valence electrons. The molecule has 0 aliphatic carbocycles. The van der Waals surface area contributed by atoms with Crippen LogP contribution in [0.4, 0.5) is 5.82 Å². The van der Waals surface area contributed by atoms with Crippen molar-refractivity contribution in [3.8, 4) is 0 Å². The lowest BCUT2D eigenvalue weighted by atomic mass is 10.1. The van der Waals surface area contributed by atoms with Crippen molar-refractivity contribution in [3.63, 3.8) is 0 Å². The Morgan fingerprint density at radius 3 is 2.85 bits per heavy atom. The van der Waals surface area contributed by atoms with Gasteiger partial charge in [-0.15, -0.1) is 0 Å². The first-order chi connectivity index (χ1) is 9.72. The molecule has 2 aromatic rings. The van der Waals surface area contributed by atoms with Crippen molar-refractivity contribution < 1.29 is 0 Å². The van der Waals surface area contributed by atoms with Gasteiger partial charge in [-0.1, -0.05) is 31.2 Å². The van der Waals surface area contributed by atoms with Crippen LogP contribution in [-0.4, -0.2) is 16.1 Å². The zero-order valence-corrected chi connectivity index (χ0v) is 12.1. The van der Waals surface area contributed by atoms with Gasteiger partial charge in [0.05, 0.1) is 0 Å². The molecule has 20 heavy (non-hydrogen) atoms. The van der Waals surface area contributed by atoms with Crippen molar-refractivity contribution in [2.45, 2.75) is 33.2 Å². The highest BCUT2D eigenvalue weighted by Crippen LogP contribution is 2.07. The Hall–Kier alpha value is -2.10. The molecule has 0 aliphatic rings. The van der Waals surface area contributed by atoms with E-state index in [4.69, 9.17) is 0 Å². The molecular formula is C16H21N3O. The van der Waals surface area contributed by atoms with Crippen molar-refractivity contribution in [1.82, 2.24) is 9.55 Å². The number of aromatic nitrogens is 2. The summed E-state index contributed by atoms with van der Waals surface area (Å²) in [4.78, 5) is 16.2. The second kappa shape index (κ2) is 6.89. The highest BCUT2D eigenvalue weighted by molar-refractivity contribution is 5.32. The molecule has 1 aromatic heterocycles. The van der Waals surface area contributed by atoms with E-state index >= 15 is 0 Å². The zero-order chi connectivity index (χ0) is 14.4. The second-order valence-corrected chi connectivity index (χ2v) is 4.88. The fraction of sp³-hybridized carbons (Fsp3) is 0.375. The quantitative estimate of drug-likeness (QED) is 0.878. The van der Waals surface area contributed by atoms with Crippen LogP contribution in [0.2, 0.25) is 0 Å². The summed E-state index contributed by atoms with van der Waals surface area (Å²) in [6.07, 6.45) is 5.23. The van der Waals surface area contributed by atoms with Crippen LogP contribution in [0.15, 0.2) is 41.5 Å². The summed E-state index contributed by atoms with van der Waals surface area (Å²) in [6, 6.07) is 8.29. The minimum Gasteiger partial charge on any atom is -0.365 e. The van der Waals surface area contributed by atoms with Gasteiger partial charge < -0.3 is 9.88 Å². The molecule has 0 saturated heterocycles. The molecule has 0 unspecified atom stereocenters. The van der Waals surface area contributed by atoms with Gasteiger partial charge in [0.25, 0.3) is 5.56 Å². The molecule has 0 bridgehead atoms. The normalized spacial score (nSPS) is 10.5. The van der Waals surface area contributed by atoms with Gasteiger partial charge in [0.2, 0.25) is 0 Å². The van der Waals surface area contributed by atoms with Gasteiger partial charge in [-0.05, 0) is 30.9 Å². The van der Waals surface area contributed by atoms with E-state index in [1.165, 1.54) is 11.1 Å². The summed E-state index contributed by atoms with van der Waals surface area (Å²) >= 11 is 0. The Kier molecular flexibility index (Phi) is 4.93.